The third-order valence-electron chi connectivity index (χ3n) is 4.69. The first-order chi connectivity index (χ1) is 13.5. The van der Waals surface area contributed by atoms with Gasteiger partial charge in [-0.15, -0.1) is 0 Å². The van der Waals surface area contributed by atoms with E-state index in [1.54, 1.807) is 0 Å². The van der Waals surface area contributed by atoms with Crippen molar-refractivity contribution in [2.24, 2.45) is 0 Å². The van der Waals surface area contributed by atoms with Gasteiger partial charge in [-0.1, -0.05) is 64.7 Å². The summed E-state index contributed by atoms with van der Waals surface area (Å²) >= 11 is 0. The second-order valence-electron chi connectivity index (χ2n) is 7.34. The van der Waals surface area contributed by atoms with Crippen molar-refractivity contribution in [1.29, 1.82) is 0 Å². The van der Waals surface area contributed by atoms with Crippen LogP contribution in [-0.4, -0.2) is 34.2 Å². The van der Waals surface area contributed by atoms with E-state index in [1.807, 2.05) is 0 Å². The minimum absolute atomic E-state index is 0.140. The van der Waals surface area contributed by atoms with Crippen molar-refractivity contribution in [2.75, 3.05) is 0 Å². The lowest BCUT2D eigenvalue weighted by Crippen LogP contribution is -2.17. The van der Waals surface area contributed by atoms with Crippen LogP contribution in [0.2, 0.25) is 0 Å². The molecule has 28 heavy (non-hydrogen) atoms. The van der Waals surface area contributed by atoms with E-state index in [-0.39, 0.29) is 12.5 Å². The van der Waals surface area contributed by atoms with Gasteiger partial charge in [0.2, 0.25) is 0 Å². The number of unbranched alkanes of at least 4 members (excludes halogenated alkanes) is 10. The molecule has 0 aromatic heterocycles. The zero-order valence-electron chi connectivity index (χ0n) is 17.4. The Balaban J connectivity index is 3.94. The van der Waals surface area contributed by atoms with E-state index in [0.717, 1.165) is 95.6 Å². The van der Waals surface area contributed by atoms with Crippen LogP contribution in [0.3, 0.4) is 0 Å². The maximum atomic E-state index is 11.7. The van der Waals surface area contributed by atoms with Crippen molar-refractivity contribution in [3.05, 3.63) is 12.2 Å². The fourth-order valence-corrected chi connectivity index (χ4v) is 3.11. The van der Waals surface area contributed by atoms with E-state index < -0.39 is 17.9 Å². The summed E-state index contributed by atoms with van der Waals surface area (Å²) in [6, 6.07) is 0. The number of carboxylic acids is 2. The summed E-state index contributed by atoms with van der Waals surface area (Å²) in [6.07, 6.45) is 16.3. The molecule has 0 spiro atoms. The van der Waals surface area contributed by atoms with Gasteiger partial charge in [0, 0.05) is 18.6 Å². The number of rotatable bonds is 19. The van der Waals surface area contributed by atoms with Gasteiger partial charge in [0.1, 0.15) is 6.10 Å². The molecule has 0 amide bonds. The SMILES string of the molecule is CCCCCCC(CCCCCCCCCCC(=O)O)OC(=O)C=CC(=O)O. The lowest BCUT2D eigenvalue weighted by Gasteiger charge is -2.17. The fourth-order valence-electron chi connectivity index (χ4n) is 3.11. The lowest BCUT2D eigenvalue weighted by molar-refractivity contribution is -0.144. The molecular weight excluding hydrogens is 360 g/mol. The number of hydrogen-bond acceptors (Lipinski definition) is 4. The van der Waals surface area contributed by atoms with Gasteiger partial charge in [0.25, 0.3) is 0 Å². The molecule has 0 aromatic carbocycles. The van der Waals surface area contributed by atoms with Crippen LogP contribution in [0, 0.1) is 0 Å². The molecule has 0 fully saturated rings. The van der Waals surface area contributed by atoms with Crippen LogP contribution >= 0.6 is 0 Å². The zero-order chi connectivity index (χ0) is 21.0. The van der Waals surface area contributed by atoms with Crippen molar-refractivity contribution in [3.8, 4) is 0 Å². The zero-order valence-corrected chi connectivity index (χ0v) is 17.4. The molecule has 0 saturated carbocycles. The molecule has 0 aliphatic rings. The second-order valence-corrected chi connectivity index (χ2v) is 7.34. The molecular formula is C22H38O6. The minimum atomic E-state index is -1.15. The Morgan fingerprint density at radius 3 is 1.75 bits per heavy atom. The van der Waals surface area contributed by atoms with Gasteiger partial charge in [-0.25, -0.2) is 9.59 Å². The van der Waals surface area contributed by atoms with Crippen LogP contribution in [0.4, 0.5) is 0 Å². The van der Waals surface area contributed by atoms with Crippen LogP contribution in [0.1, 0.15) is 103 Å². The Hall–Kier alpha value is -1.85. The minimum Gasteiger partial charge on any atom is -0.481 e. The summed E-state index contributed by atoms with van der Waals surface area (Å²) < 4.78 is 5.44. The predicted octanol–water partition coefficient (Wildman–Crippen LogP) is 5.50. The summed E-state index contributed by atoms with van der Waals surface area (Å²) in [5.41, 5.74) is 0. The van der Waals surface area contributed by atoms with Gasteiger partial charge < -0.3 is 14.9 Å². The van der Waals surface area contributed by atoms with Crippen LogP contribution in [0.5, 0.6) is 0 Å². The van der Waals surface area contributed by atoms with E-state index in [1.165, 1.54) is 6.42 Å². The molecule has 0 saturated heterocycles. The number of aliphatic carboxylic acids is 2. The smallest absolute Gasteiger partial charge is 0.331 e. The molecule has 162 valence electrons. The molecule has 0 aromatic rings. The topological polar surface area (TPSA) is 101 Å². The van der Waals surface area contributed by atoms with E-state index in [0.29, 0.717) is 0 Å². The first-order valence-corrected chi connectivity index (χ1v) is 10.8. The summed E-state index contributed by atoms with van der Waals surface area (Å²) in [5, 5.41) is 17.2. The number of hydrogen-bond donors (Lipinski definition) is 2. The quantitative estimate of drug-likeness (QED) is 0.169. The highest BCUT2D eigenvalue weighted by Gasteiger charge is 2.13. The van der Waals surface area contributed by atoms with E-state index in [4.69, 9.17) is 14.9 Å². The fraction of sp³-hybridized carbons (Fsp3) is 0.773. The van der Waals surface area contributed by atoms with Gasteiger partial charge in [0.15, 0.2) is 0 Å². The normalized spacial score (nSPS) is 12.2. The Bertz CT molecular complexity index is 458. The van der Waals surface area contributed by atoms with Gasteiger partial charge in [-0.2, -0.15) is 0 Å². The van der Waals surface area contributed by atoms with Gasteiger partial charge in [-0.05, 0) is 32.1 Å². The van der Waals surface area contributed by atoms with E-state index in [9.17, 15) is 14.4 Å². The van der Waals surface area contributed by atoms with Crippen molar-refractivity contribution >= 4 is 17.9 Å². The molecule has 2 N–H and O–H groups in total. The largest absolute Gasteiger partial charge is 0.481 e. The number of esters is 1. The first kappa shape index (κ1) is 26.1. The summed E-state index contributed by atoms with van der Waals surface area (Å²) in [5.74, 6) is -2.45. The standard InChI is InChI=1S/C22H38O6/c1-2-3-4-11-14-19(28-22(27)18-17-21(25)26)15-12-9-7-5-6-8-10-13-16-20(23)24/h17-19H,2-16H2,1H3,(H,23,24)(H,25,26). The Labute approximate surface area is 169 Å². The number of carbonyl (C=O) groups is 3. The highest BCUT2D eigenvalue weighted by Crippen LogP contribution is 2.17. The molecule has 0 heterocycles. The molecule has 0 aliphatic heterocycles. The molecule has 0 bridgehead atoms. The first-order valence-electron chi connectivity index (χ1n) is 10.8. The Morgan fingerprint density at radius 1 is 0.750 bits per heavy atom. The summed E-state index contributed by atoms with van der Waals surface area (Å²) in [6.45, 7) is 2.15. The maximum Gasteiger partial charge on any atom is 0.331 e. The average Bonchev–Trinajstić information content (AvgIpc) is 2.64. The molecule has 1 unspecified atom stereocenters. The molecule has 0 rings (SSSR count). The molecule has 0 aliphatic carbocycles. The summed E-state index contributed by atoms with van der Waals surface area (Å²) in [7, 11) is 0. The number of ether oxygens (including phenoxy) is 1. The van der Waals surface area contributed by atoms with Crippen molar-refractivity contribution < 1.29 is 29.3 Å². The predicted molar refractivity (Wildman–Crippen MR) is 109 cm³/mol. The van der Waals surface area contributed by atoms with Gasteiger partial charge >= 0.3 is 17.9 Å². The third-order valence-corrected chi connectivity index (χ3v) is 4.69. The second kappa shape index (κ2) is 18.5. The van der Waals surface area contributed by atoms with Crippen LogP contribution in [-0.2, 0) is 19.1 Å². The van der Waals surface area contributed by atoms with Crippen molar-refractivity contribution in [1.82, 2.24) is 0 Å². The van der Waals surface area contributed by atoms with E-state index in [2.05, 4.69) is 6.92 Å². The average molecular weight is 399 g/mol. The van der Waals surface area contributed by atoms with Crippen LogP contribution in [0.15, 0.2) is 12.2 Å². The van der Waals surface area contributed by atoms with Gasteiger partial charge in [0.05, 0.1) is 0 Å². The van der Waals surface area contributed by atoms with E-state index >= 15 is 0 Å². The summed E-state index contributed by atoms with van der Waals surface area (Å²) in [4.78, 5) is 32.7. The Morgan fingerprint density at radius 2 is 1.25 bits per heavy atom. The molecule has 6 heteroatoms. The monoisotopic (exact) mass is 398 g/mol. The van der Waals surface area contributed by atoms with Crippen molar-refractivity contribution in [2.45, 2.75) is 109 Å². The molecule has 6 nitrogen and oxygen atoms in total. The number of carboxylic acid groups (broad SMARTS) is 2. The van der Waals surface area contributed by atoms with Crippen LogP contribution < -0.4 is 0 Å². The number of carbonyl (C=O) groups excluding carboxylic acids is 1. The maximum absolute atomic E-state index is 11.7. The van der Waals surface area contributed by atoms with Crippen LogP contribution in [0.25, 0.3) is 0 Å². The molecule has 0 radical (unpaired) electrons. The van der Waals surface area contributed by atoms with Gasteiger partial charge in [-0.3, -0.25) is 4.79 Å². The third kappa shape index (κ3) is 18.9. The van der Waals surface area contributed by atoms with Crippen molar-refractivity contribution in [3.63, 3.8) is 0 Å². The lowest BCUT2D eigenvalue weighted by atomic mass is 10.0. The Kier molecular flexibility index (Phi) is 17.3. The highest BCUT2D eigenvalue weighted by molar-refractivity contribution is 5.90. The molecule has 1 atom stereocenters. The highest BCUT2D eigenvalue weighted by atomic mass is 16.5.